The molecule has 0 bridgehead atoms. The summed E-state index contributed by atoms with van der Waals surface area (Å²) in [6, 6.07) is 14.0. The van der Waals surface area contributed by atoms with Gasteiger partial charge in [-0.1, -0.05) is 37.3 Å². The van der Waals surface area contributed by atoms with Crippen molar-refractivity contribution in [2.75, 3.05) is 6.61 Å². The Morgan fingerprint density at radius 3 is 2.45 bits per heavy atom. The highest BCUT2D eigenvalue weighted by Gasteiger charge is 2.15. The molecule has 0 aliphatic rings. The largest absolute Gasteiger partial charge is 0.492 e. The van der Waals surface area contributed by atoms with Gasteiger partial charge in [-0.15, -0.1) is 0 Å². The van der Waals surface area contributed by atoms with Crippen LogP contribution >= 0.6 is 0 Å². The summed E-state index contributed by atoms with van der Waals surface area (Å²) < 4.78 is 7.93. The first-order valence-electron chi connectivity index (χ1n) is 9.80. The SMILES string of the molecule is CCc1ncc(-c2c(-c3ccccc3)ncn2CCCOc2cccnc2)cn1. The summed E-state index contributed by atoms with van der Waals surface area (Å²) in [4.78, 5) is 17.7. The smallest absolute Gasteiger partial charge is 0.137 e. The van der Waals surface area contributed by atoms with Gasteiger partial charge in [0.15, 0.2) is 0 Å². The van der Waals surface area contributed by atoms with Gasteiger partial charge in [-0.05, 0) is 18.6 Å². The molecule has 6 nitrogen and oxygen atoms in total. The maximum absolute atomic E-state index is 5.77. The first-order chi connectivity index (χ1) is 14.3. The van der Waals surface area contributed by atoms with Gasteiger partial charge in [0.25, 0.3) is 0 Å². The minimum absolute atomic E-state index is 0.606. The van der Waals surface area contributed by atoms with Gasteiger partial charge in [-0.25, -0.2) is 15.0 Å². The summed E-state index contributed by atoms with van der Waals surface area (Å²) in [5.41, 5.74) is 4.01. The van der Waals surface area contributed by atoms with Crippen molar-refractivity contribution < 1.29 is 4.74 Å². The van der Waals surface area contributed by atoms with Gasteiger partial charge in [0.1, 0.15) is 11.6 Å². The van der Waals surface area contributed by atoms with Gasteiger partial charge in [-0.2, -0.15) is 0 Å². The number of pyridine rings is 1. The molecule has 0 radical (unpaired) electrons. The number of hydrogen-bond acceptors (Lipinski definition) is 5. The molecule has 0 aliphatic carbocycles. The van der Waals surface area contributed by atoms with E-state index in [1.165, 1.54) is 0 Å². The maximum atomic E-state index is 5.77. The highest BCUT2D eigenvalue weighted by atomic mass is 16.5. The van der Waals surface area contributed by atoms with E-state index < -0.39 is 0 Å². The van der Waals surface area contributed by atoms with Crippen LogP contribution in [0.25, 0.3) is 22.5 Å². The molecule has 146 valence electrons. The third kappa shape index (κ3) is 4.48. The van der Waals surface area contributed by atoms with Gasteiger partial charge in [0, 0.05) is 42.7 Å². The number of imidazole rings is 1. The third-order valence-electron chi connectivity index (χ3n) is 4.63. The molecule has 3 heterocycles. The van der Waals surface area contributed by atoms with E-state index in [-0.39, 0.29) is 0 Å². The van der Waals surface area contributed by atoms with Crippen LogP contribution in [0.15, 0.2) is 73.6 Å². The molecule has 0 aliphatic heterocycles. The molecule has 0 fully saturated rings. The minimum Gasteiger partial charge on any atom is -0.492 e. The third-order valence-corrected chi connectivity index (χ3v) is 4.63. The van der Waals surface area contributed by atoms with Crippen LogP contribution in [0.5, 0.6) is 5.75 Å². The van der Waals surface area contributed by atoms with E-state index in [1.807, 2.05) is 49.1 Å². The van der Waals surface area contributed by atoms with Crippen LogP contribution in [0.3, 0.4) is 0 Å². The number of nitrogens with zero attached hydrogens (tertiary/aromatic N) is 5. The Morgan fingerprint density at radius 1 is 0.897 bits per heavy atom. The lowest BCUT2D eigenvalue weighted by Gasteiger charge is -2.11. The molecule has 0 atom stereocenters. The zero-order chi connectivity index (χ0) is 19.9. The molecule has 4 aromatic rings. The van der Waals surface area contributed by atoms with Crippen molar-refractivity contribution >= 4 is 0 Å². The lowest BCUT2D eigenvalue weighted by molar-refractivity contribution is 0.301. The number of aromatic nitrogens is 5. The van der Waals surface area contributed by atoms with Crippen LogP contribution < -0.4 is 4.74 Å². The molecule has 0 saturated heterocycles. The van der Waals surface area contributed by atoms with Crippen molar-refractivity contribution in [1.82, 2.24) is 24.5 Å². The molecular formula is C23H23N5O. The van der Waals surface area contributed by atoms with Crippen molar-refractivity contribution in [2.24, 2.45) is 0 Å². The fourth-order valence-electron chi connectivity index (χ4n) is 3.18. The molecule has 29 heavy (non-hydrogen) atoms. The molecular weight excluding hydrogens is 362 g/mol. The standard InChI is InChI=1S/C23H23N5O/c1-2-21-25-14-19(15-26-21)23-22(18-8-4-3-5-9-18)27-17-28(23)12-7-13-29-20-10-6-11-24-16-20/h3-6,8-11,14-17H,2,7,12-13H2,1H3. The van der Waals surface area contributed by atoms with E-state index in [1.54, 1.807) is 12.4 Å². The summed E-state index contributed by atoms with van der Waals surface area (Å²) in [5.74, 6) is 1.62. The first-order valence-corrected chi connectivity index (χ1v) is 9.80. The average molecular weight is 385 g/mol. The molecule has 1 aromatic carbocycles. The van der Waals surface area contributed by atoms with E-state index in [0.717, 1.165) is 53.5 Å². The van der Waals surface area contributed by atoms with Crippen LogP contribution in [0, 0.1) is 0 Å². The van der Waals surface area contributed by atoms with Gasteiger partial charge < -0.3 is 9.30 Å². The Hall–Kier alpha value is -3.54. The van der Waals surface area contributed by atoms with Crippen molar-refractivity contribution in [3.8, 4) is 28.3 Å². The fourth-order valence-corrected chi connectivity index (χ4v) is 3.18. The zero-order valence-corrected chi connectivity index (χ0v) is 16.4. The quantitative estimate of drug-likeness (QED) is 0.420. The van der Waals surface area contributed by atoms with Crippen LogP contribution in [0.2, 0.25) is 0 Å². The molecule has 0 saturated carbocycles. The summed E-state index contributed by atoms with van der Waals surface area (Å²) in [6.45, 7) is 3.44. The maximum Gasteiger partial charge on any atom is 0.137 e. The number of hydrogen-bond donors (Lipinski definition) is 0. The van der Waals surface area contributed by atoms with Crippen LogP contribution in [0.4, 0.5) is 0 Å². The van der Waals surface area contributed by atoms with Crippen LogP contribution in [-0.4, -0.2) is 31.1 Å². The highest BCUT2D eigenvalue weighted by molar-refractivity contribution is 5.77. The van der Waals surface area contributed by atoms with Crippen molar-refractivity contribution in [1.29, 1.82) is 0 Å². The second-order valence-electron chi connectivity index (χ2n) is 6.63. The lowest BCUT2D eigenvalue weighted by Crippen LogP contribution is -2.06. The van der Waals surface area contributed by atoms with Gasteiger partial charge >= 0.3 is 0 Å². The van der Waals surface area contributed by atoms with E-state index >= 15 is 0 Å². The Kier molecular flexibility index (Phi) is 5.90. The van der Waals surface area contributed by atoms with Gasteiger partial charge in [-0.3, -0.25) is 4.98 Å². The molecule has 6 heteroatoms. The van der Waals surface area contributed by atoms with Crippen molar-refractivity contribution in [2.45, 2.75) is 26.3 Å². The number of rotatable bonds is 8. The molecule has 0 N–H and O–H groups in total. The number of aryl methyl sites for hydroxylation is 2. The van der Waals surface area contributed by atoms with Crippen LogP contribution in [0.1, 0.15) is 19.2 Å². The number of benzene rings is 1. The predicted molar refractivity (Wildman–Crippen MR) is 112 cm³/mol. The Morgan fingerprint density at radius 2 is 1.72 bits per heavy atom. The van der Waals surface area contributed by atoms with E-state index in [2.05, 4.69) is 38.6 Å². The van der Waals surface area contributed by atoms with E-state index in [9.17, 15) is 0 Å². The summed E-state index contributed by atoms with van der Waals surface area (Å²) in [7, 11) is 0. The summed E-state index contributed by atoms with van der Waals surface area (Å²) >= 11 is 0. The molecule has 0 unspecified atom stereocenters. The molecule has 0 spiro atoms. The Bertz CT molecular complexity index is 1030. The van der Waals surface area contributed by atoms with E-state index in [0.29, 0.717) is 6.61 Å². The van der Waals surface area contributed by atoms with Crippen molar-refractivity contribution in [3.05, 3.63) is 79.4 Å². The lowest BCUT2D eigenvalue weighted by atomic mass is 10.1. The summed E-state index contributed by atoms with van der Waals surface area (Å²) in [6.07, 6.45) is 10.8. The Balaban J connectivity index is 1.57. The second-order valence-corrected chi connectivity index (χ2v) is 6.63. The number of ether oxygens (including phenoxy) is 1. The highest BCUT2D eigenvalue weighted by Crippen LogP contribution is 2.30. The Labute approximate surface area is 170 Å². The normalized spacial score (nSPS) is 10.8. The minimum atomic E-state index is 0.606. The van der Waals surface area contributed by atoms with Gasteiger partial charge in [0.05, 0.1) is 30.5 Å². The predicted octanol–water partition coefficient (Wildman–Crippen LogP) is 4.43. The average Bonchev–Trinajstić information content (AvgIpc) is 3.22. The van der Waals surface area contributed by atoms with Crippen LogP contribution in [-0.2, 0) is 13.0 Å². The fraction of sp³-hybridized carbons (Fsp3) is 0.217. The monoisotopic (exact) mass is 385 g/mol. The topological polar surface area (TPSA) is 65.7 Å². The molecule has 0 amide bonds. The molecule has 4 rings (SSSR count). The summed E-state index contributed by atoms with van der Waals surface area (Å²) in [5, 5.41) is 0. The van der Waals surface area contributed by atoms with E-state index in [4.69, 9.17) is 9.72 Å². The zero-order valence-electron chi connectivity index (χ0n) is 16.4. The van der Waals surface area contributed by atoms with Gasteiger partial charge in [0.2, 0.25) is 0 Å². The van der Waals surface area contributed by atoms with Crippen molar-refractivity contribution in [3.63, 3.8) is 0 Å². The second kappa shape index (κ2) is 9.10. The first kappa shape index (κ1) is 18.8. The molecule has 3 aromatic heterocycles.